The van der Waals surface area contributed by atoms with E-state index in [2.05, 4.69) is 0 Å². The highest BCUT2D eigenvalue weighted by Gasteiger charge is 2.33. The predicted octanol–water partition coefficient (Wildman–Crippen LogP) is 3.02. The first kappa shape index (κ1) is 22.7. The van der Waals surface area contributed by atoms with Crippen LogP contribution < -0.4 is 0 Å². The lowest BCUT2D eigenvalue weighted by atomic mass is 10.0. The van der Waals surface area contributed by atoms with Crippen molar-refractivity contribution < 1.29 is 29.3 Å². The molecule has 0 spiro atoms. The Bertz CT molecular complexity index is 1190. The minimum absolute atomic E-state index is 0.114. The molecule has 0 aromatic heterocycles. The second-order valence-corrected chi connectivity index (χ2v) is 8.04. The number of amides is 1. The van der Waals surface area contributed by atoms with Crippen molar-refractivity contribution >= 4 is 63.4 Å². The van der Waals surface area contributed by atoms with Gasteiger partial charge >= 0.3 is 5.97 Å². The summed E-state index contributed by atoms with van der Waals surface area (Å²) in [6, 6.07) is 8.48. The number of nitro groups is 2. The lowest BCUT2D eigenvalue weighted by molar-refractivity contribution is -0.394. The highest BCUT2D eigenvalue weighted by molar-refractivity contribution is 8.26. The fraction of sp³-hybridized carbons (Fsp3) is 0.0526. The quantitative estimate of drug-likeness (QED) is 0.208. The number of thiocarbonyl (C=S) groups is 1. The Morgan fingerprint density at radius 1 is 1.03 bits per heavy atom. The number of aliphatic carboxylic acids is 1. The summed E-state index contributed by atoms with van der Waals surface area (Å²) in [6.45, 7) is -0.551. The topological polar surface area (TPSA) is 161 Å². The second kappa shape index (κ2) is 9.03. The minimum atomic E-state index is -1.20. The molecule has 1 N–H and O–H groups in total. The summed E-state index contributed by atoms with van der Waals surface area (Å²) in [6.07, 6.45) is 1.48. The number of rotatable bonds is 7. The van der Waals surface area contributed by atoms with Gasteiger partial charge in [-0.05, 0) is 11.6 Å². The van der Waals surface area contributed by atoms with Crippen LogP contribution in [0.15, 0.2) is 47.4 Å². The molecule has 13 heteroatoms. The van der Waals surface area contributed by atoms with Gasteiger partial charge in [0.1, 0.15) is 10.9 Å². The molecule has 1 amide bonds. The van der Waals surface area contributed by atoms with Crippen LogP contribution in [0.3, 0.4) is 0 Å². The van der Waals surface area contributed by atoms with Crippen molar-refractivity contribution in [3.63, 3.8) is 0 Å². The van der Waals surface area contributed by atoms with Crippen molar-refractivity contribution in [3.05, 3.63) is 84.3 Å². The van der Waals surface area contributed by atoms with Crippen LogP contribution in [0.4, 0.5) is 11.4 Å². The Morgan fingerprint density at radius 3 is 2.09 bits per heavy atom. The molecular weight excluding hydrogens is 462 g/mol. The minimum Gasteiger partial charge on any atom is -0.480 e. The maximum absolute atomic E-state index is 12.7. The largest absolute Gasteiger partial charge is 0.480 e. The van der Waals surface area contributed by atoms with Crippen molar-refractivity contribution in [1.82, 2.24) is 4.90 Å². The number of nitrogens with zero attached hydrogens (tertiary/aromatic N) is 3. The van der Waals surface area contributed by atoms with Crippen LogP contribution in [0.25, 0.3) is 6.08 Å². The number of carboxylic acid groups (broad SMARTS) is 1. The Labute approximate surface area is 188 Å². The zero-order valence-electron chi connectivity index (χ0n) is 15.8. The molecule has 0 radical (unpaired) electrons. The first-order valence-corrected chi connectivity index (χ1v) is 9.85. The molecule has 0 saturated carbocycles. The molecule has 2 aromatic carbocycles. The van der Waals surface area contributed by atoms with E-state index in [-0.39, 0.29) is 20.4 Å². The lowest BCUT2D eigenvalue weighted by Gasteiger charge is -2.10. The molecule has 1 fully saturated rings. The lowest BCUT2D eigenvalue weighted by Crippen LogP contribution is -2.33. The highest BCUT2D eigenvalue weighted by Crippen LogP contribution is 2.32. The van der Waals surface area contributed by atoms with Crippen molar-refractivity contribution in [2.75, 3.05) is 6.54 Å². The molecule has 0 unspecified atom stereocenters. The summed E-state index contributed by atoms with van der Waals surface area (Å²) in [4.78, 5) is 57.4. The van der Waals surface area contributed by atoms with Gasteiger partial charge < -0.3 is 5.11 Å². The van der Waals surface area contributed by atoms with Crippen molar-refractivity contribution in [2.45, 2.75) is 0 Å². The summed E-state index contributed by atoms with van der Waals surface area (Å²) in [5.74, 6) is -2.41. The van der Waals surface area contributed by atoms with Crippen molar-refractivity contribution in [2.24, 2.45) is 0 Å². The van der Waals surface area contributed by atoms with Gasteiger partial charge in [-0.25, -0.2) is 0 Å². The van der Waals surface area contributed by atoms with Crippen LogP contribution in [-0.2, 0) is 9.59 Å². The third-order valence-corrected chi connectivity index (χ3v) is 5.60. The average molecular weight is 473 g/mol. The molecule has 32 heavy (non-hydrogen) atoms. The Balaban J connectivity index is 1.86. The van der Waals surface area contributed by atoms with Gasteiger partial charge in [0.15, 0.2) is 5.78 Å². The first-order valence-electron chi connectivity index (χ1n) is 8.62. The molecular formula is C19H11N3O8S2. The highest BCUT2D eigenvalue weighted by atomic mass is 32.2. The van der Waals surface area contributed by atoms with E-state index in [1.807, 2.05) is 0 Å². The average Bonchev–Trinajstić information content (AvgIpc) is 3.00. The third kappa shape index (κ3) is 4.84. The number of non-ortho nitro benzene ring substituents is 2. The number of carbonyl (C=O) groups is 3. The molecule has 1 aliphatic rings. The molecule has 1 heterocycles. The van der Waals surface area contributed by atoms with Crippen LogP contribution in [0, 0.1) is 20.2 Å². The van der Waals surface area contributed by atoms with E-state index < -0.39 is 45.4 Å². The zero-order valence-corrected chi connectivity index (χ0v) is 17.4. The fourth-order valence-electron chi connectivity index (χ4n) is 2.76. The maximum atomic E-state index is 12.7. The van der Waals surface area contributed by atoms with Gasteiger partial charge in [-0.15, -0.1) is 0 Å². The molecule has 1 saturated heterocycles. The summed E-state index contributed by atoms with van der Waals surface area (Å²) >= 11 is 5.96. The van der Waals surface area contributed by atoms with E-state index in [4.69, 9.17) is 17.3 Å². The predicted molar refractivity (Wildman–Crippen MR) is 117 cm³/mol. The van der Waals surface area contributed by atoms with Crippen LogP contribution in [0.2, 0.25) is 0 Å². The normalized spacial score (nSPS) is 14.6. The van der Waals surface area contributed by atoms with E-state index in [1.165, 1.54) is 30.3 Å². The van der Waals surface area contributed by atoms with Gasteiger partial charge in [-0.1, -0.05) is 48.2 Å². The molecule has 11 nitrogen and oxygen atoms in total. The number of nitro benzene ring substituents is 2. The molecule has 0 atom stereocenters. The van der Waals surface area contributed by atoms with E-state index in [9.17, 15) is 34.6 Å². The molecule has 162 valence electrons. The van der Waals surface area contributed by atoms with Gasteiger partial charge in [0.2, 0.25) is 0 Å². The Kier molecular flexibility index (Phi) is 6.41. The number of hydrogen-bond donors (Lipinski definition) is 1. The molecule has 0 bridgehead atoms. The Morgan fingerprint density at radius 2 is 1.59 bits per heavy atom. The molecule has 1 aliphatic heterocycles. The SMILES string of the molecule is O=C(O)CN1C(=O)/C(=C\c2ccc(C(=O)c3cc([N+](=O)[O-])cc([N+](=O)[O-])c3)cc2)SC1=S. The van der Waals surface area contributed by atoms with Gasteiger partial charge in [-0.2, -0.15) is 0 Å². The molecule has 3 rings (SSSR count). The number of ketones is 1. The number of carboxylic acids is 1. The standard InChI is InChI=1S/C19H11N3O8S2/c23-16(24)9-20-18(26)15(32-19(20)31)5-10-1-3-11(4-2-10)17(25)12-6-13(21(27)28)8-14(7-12)22(29)30/h1-8H,9H2,(H,23,24)/b15-5+. The summed E-state index contributed by atoms with van der Waals surface area (Å²) in [5, 5.41) is 30.9. The van der Waals surface area contributed by atoms with Crippen molar-refractivity contribution in [1.29, 1.82) is 0 Å². The van der Waals surface area contributed by atoms with E-state index >= 15 is 0 Å². The zero-order chi connectivity index (χ0) is 23.6. The maximum Gasteiger partial charge on any atom is 0.323 e. The van der Waals surface area contributed by atoms with Crippen LogP contribution in [-0.4, -0.2) is 48.4 Å². The Hall–Kier alpha value is -3.97. The van der Waals surface area contributed by atoms with Crippen LogP contribution in [0.1, 0.15) is 21.5 Å². The summed E-state index contributed by atoms with van der Waals surface area (Å²) in [7, 11) is 0. The van der Waals surface area contributed by atoms with Gasteiger partial charge in [0, 0.05) is 23.3 Å². The molecule has 0 aliphatic carbocycles. The van der Waals surface area contributed by atoms with Gasteiger partial charge in [0.25, 0.3) is 17.3 Å². The second-order valence-electron chi connectivity index (χ2n) is 6.37. The smallest absolute Gasteiger partial charge is 0.323 e. The molecule has 2 aromatic rings. The summed E-state index contributed by atoms with van der Waals surface area (Å²) < 4.78 is 0.114. The summed E-state index contributed by atoms with van der Waals surface area (Å²) in [5.41, 5.74) is -0.740. The fourth-order valence-corrected chi connectivity index (χ4v) is 4.01. The van der Waals surface area contributed by atoms with Crippen LogP contribution in [0.5, 0.6) is 0 Å². The van der Waals surface area contributed by atoms with Crippen LogP contribution >= 0.6 is 24.0 Å². The van der Waals surface area contributed by atoms with E-state index in [0.29, 0.717) is 5.56 Å². The van der Waals surface area contributed by atoms with Crippen molar-refractivity contribution in [3.8, 4) is 0 Å². The van der Waals surface area contributed by atoms with E-state index in [0.717, 1.165) is 34.9 Å². The number of benzene rings is 2. The van der Waals surface area contributed by atoms with E-state index in [1.54, 1.807) is 0 Å². The number of thioether (sulfide) groups is 1. The number of hydrogen-bond acceptors (Lipinski definition) is 9. The van der Waals surface area contributed by atoms with Gasteiger partial charge in [0.05, 0.1) is 20.8 Å². The monoisotopic (exact) mass is 473 g/mol. The third-order valence-electron chi connectivity index (χ3n) is 4.22. The van der Waals surface area contributed by atoms with Gasteiger partial charge in [-0.3, -0.25) is 39.5 Å². The first-order chi connectivity index (χ1) is 15.1. The number of carbonyl (C=O) groups excluding carboxylic acids is 2.